The molecule has 1 aromatic heterocycles. The highest BCUT2D eigenvalue weighted by Crippen LogP contribution is 2.37. The lowest BCUT2D eigenvalue weighted by atomic mass is 9.89. The second-order valence-corrected chi connectivity index (χ2v) is 7.00. The van der Waals surface area contributed by atoms with E-state index in [0.29, 0.717) is 26.1 Å². The summed E-state index contributed by atoms with van der Waals surface area (Å²) in [6.45, 7) is 5.57. The monoisotopic (exact) mass is 359 g/mol. The van der Waals surface area contributed by atoms with Crippen LogP contribution >= 0.6 is 11.6 Å². The van der Waals surface area contributed by atoms with Gasteiger partial charge in [0.05, 0.1) is 18.3 Å². The number of aliphatic hydroxyl groups is 1. The van der Waals surface area contributed by atoms with E-state index in [9.17, 15) is 15.0 Å². The molecular formula is C15H22ClN3O5. The summed E-state index contributed by atoms with van der Waals surface area (Å²) >= 11 is 5.83. The quantitative estimate of drug-likeness (QED) is 0.796. The SMILES string of the molecule is CC(C)(C)OC(=O)N(c1nc(Cl)ncc1O)C1(CO)CCOCC1. The van der Waals surface area contributed by atoms with Gasteiger partial charge in [0.2, 0.25) is 5.28 Å². The Morgan fingerprint density at radius 2 is 2.08 bits per heavy atom. The van der Waals surface area contributed by atoms with Gasteiger partial charge in [-0.3, -0.25) is 0 Å². The molecule has 0 unspecified atom stereocenters. The third-order valence-corrected chi connectivity index (χ3v) is 3.88. The fourth-order valence-electron chi connectivity index (χ4n) is 2.53. The molecule has 0 bridgehead atoms. The molecule has 1 amide bonds. The maximum atomic E-state index is 12.8. The number of carbonyl (C=O) groups is 1. The van der Waals surface area contributed by atoms with E-state index >= 15 is 0 Å². The number of aromatic nitrogens is 2. The molecule has 2 heterocycles. The van der Waals surface area contributed by atoms with Crippen LogP contribution in [-0.4, -0.2) is 57.2 Å². The number of hydrogen-bond acceptors (Lipinski definition) is 7. The molecule has 134 valence electrons. The molecule has 1 aromatic rings. The summed E-state index contributed by atoms with van der Waals surface area (Å²) in [7, 11) is 0. The molecule has 1 saturated heterocycles. The number of ether oxygens (including phenoxy) is 2. The van der Waals surface area contributed by atoms with E-state index in [1.165, 1.54) is 4.90 Å². The molecule has 2 N–H and O–H groups in total. The van der Waals surface area contributed by atoms with Crippen LogP contribution < -0.4 is 4.90 Å². The van der Waals surface area contributed by atoms with Crippen molar-refractivity contribution in [2.45, 2.75) is 44.8 Å². The standard InChI is InChI=1S/C15H22ClN3O5/c1-14(2,3)24-13(22)19(11-10(21)8-17-12(16)18-11)15(9-20)4-6-23-7-5-15/h8,20-21H,4-7,9H2,1-3H3. The summed E-state index contributed by atoms with van der Waals surface area (Å²) in [6, 6.07) is 0. The number of halogens is 1. The Bertz CT molecular complexity index is 599. The van der Waals surface area contributed by atoms with Crippen LogP contribution in [-0.2, 0) is 9.47 Å². The van der Waals surface area contributed by atoms with Crippen molar-refractivity contribution < 1.29 is 24.5 Å². The van der Waals surface area contributed by atoms with Crippen molar-refractivity contribution in [3.05, 3.63) is 11.5 Å². The molecule has 1 aliphatic rings. The summed E-state index contributed by atoms with van der Waals surface area (Å²) < 4.78 is 10.8. The van der Waals surface area contributed by atoms with E-state index < -0.39 is 17.2 Å². The largest absolute Gasteiger partial charge is 0.503 e. The number of nitrogens with zero attached hydrogens (tertiary/aromatic N) is 3. The van der Waals surface area contributed by atoms with Gasteiger partial charge < -0.3 is 19.7 Å². The van der Waals surface area contributed by atoms with Crippen LogP contribution in [0.1, 0.15) is 33.6 Å². The molecule has 0 atom stereocenters. The van der Waals surface area contributed by atoms with E-state index in [4.69, 9.17) is 21.1 Å². The fraction of sp³-hybridized carbons (Fsp3) is 0.667. The number of hydrogen-bond donors (Lipinski definition) is 2. The first-order chi connectivity index (χ1) is 11.2. The average Bonchev–Trinajstić information content (AvgIpc) is 2.50. The molecule has 0 spiro atoms. The predicted octanol–water partition coefficient (Wildman–Crippen LogP) is 2.12. The maximum Gasteiger partial charge on any atom is 0.416 e. The Morgan fingerprint density at radius 1 is 1.46 bits per heavy atom. The highest BCUT2D eigenvalue weighted by Gasteiger charge is 2.45. The minimum absolute atomic E-state index is 0.0970. The third-order valence-electron chi connectivity index (χ3n) is 3.70. The molecule has 2 rings (SSSR count). The first kappa shape index (κ1) is 18.7. The van der Waals surface area contributed by atoms with Crippen LogP contribution in [0.3, 0.4) is 0 Å². The Morgan fingerprint density at radius 3 is 2.62 bits per heavy atom. The summed E-state index contributed by atoms with van der Waals surface area (Å²) in [4.78, 5) is 21.7. The van der Waals surface area contributed by atoms with E-state index in [2.05, 4.69) is 9.97 Å². The Hall–Kier alpha value is -1.64. The minimum atomic E-state index is -1.00. The molecule has 0 radical (unpaired) electrons. The van der Waals surface area contributed by atoms with Gasteiger partial charge in [0.15, 0.2) is 11.6 Å². The zero-order valence-corrected chi connectivity index (χ0v) is 14.7. The Balaban J connectivity index is 2.52. The van der Waals surface area contributed by atoms with Crippen LogP contribution in [0.4, 0.5) is 10.6 Å². The average molecular weight is 360 g/mol. The van der Waals surface area contributed by atoms with E-state index in [-0.39, 0.29) is 23.5 Å². The van der Waals surface area contributed by atoms with Crippen molar-refractivity contribution in [2.24, 2.45) is 0 Å². The fourth-order valence-corrected chi connectivity index (χ4v) is 2.66. The van der Waals surface area contributed by atoms with Crippen molar-refractivity contribution >= 4 is 23.5 Å². The van der Waals surface area contributed by atoms with Crippen molar-refractivity contribution in [3.8, 4) is 5.75 Å². The first-order valence-corrected chi connectivity index (χ1v) is 8.00. The van der Waals surface area contributed by atoms with E-state index in [0.717, 1.165) is 6.20 Å². The maximum absolute atomic E-state index is 12.8. The van der Waals surface area contributed by atoms with Gasteiger partial charge in [-0.05, 0) is 45.2 Å². The van der Waals surface area contributed by atoms with Gasteiger partial charge in [0, 0.05) is 13.2 Å². The van der Waals surface area contributed by atoms with Gasteiger partial charge in [0.25, 0.3) is 0 Å². The number of carbonyl (C=O) groups excluding carboxylic acids is 1. The van der Waals surface area contributed by atoms with Gasteiger partial charge in [0.1, 0.15) is 5.60 Å². The lowest BCUT2D eigenvalue weighted by molar-refractivity contribution is 0.0127. The Kier molecular flexibility index (Phi) is 5.52. The van der Waals surface area contributed by atoms with Gasteiger partial charge in [-0.2, -0.15) is 4.98 Å². The topological polar surface area (TPSA) is 105 Å². The minimum Gasteiger partial charge on any atom is -0.503 e. The summed E-state index contributed by atoms with van der Waals surface area (Å²) in [5, 5.41) is 20.0. The second kappa shape index (κ2) is 7.08. The zero-order valence-electron chi connectivity index (χ0n) is 14.0. The van der Waals surface area contributed by atoms with Gasteiger partial charge in [-0.15, -0.1) is 0 Å². The van der Waals surface area contributed by atoms with Gasteiger partial charge >= 0.3 is 6.09 Å². The van der Waals surface area contributed by atoms with E-state index in [1.54, 1.807) is 20.8 Å². The number of anilines is 1. The highest BCUT2D eigenvalue weighted by atomic mass is 35.5. The lowest BCUT2D eigenvalue weighted by Gasteiger charge is -2.44. The summed E-state index contributed by atoms with van der Waals surface area (Å²) in [5.74, 6) is -0.426. The van der Waals surface area contributed by atoms with Crippen LogP contribution in [0.15, 0.2) is 6.20 Å². The molecular weight excluding hydrogens is 338 g/mol. The zero-order chi connectivity index (χ0) is 18.0. The van der Waals surface area contributed by atoms with Gasteiger partial charge in [-0.25, -0.2) is 14.7 Å². The number of aliphatic hydroxyl groups excluding tert-OH is 1. The number of rotatable bonds is 3. The van der Waals surface area contributed by atoms with Gasteiger partial charge in [-0.1, -0.05) is 0 Å². The van der Waals surface area contributed by atoms with Crippen LogP contribution in [0.2, 0.25) is 5.28 Å². The molecule has 1 fully saturated rings. The molecule has 24 heavy (non-hydrogen) atoms. The van der Waals surface area contributed by atoms with Crippen molar-refractivity contribution in [2.75, 3.05) is 24.7 Å². The lowest BCUT2D eigenvalue weighted by Crippen LogP contribution is -2.59. The molecule has 9 heteroatoms. The smallest absolute Gasteiger partial charge is 0.416 e. The van der Waals surface area contributed by atoms with Crippen LogP contribution in [0.5, 0.6) is 5.75 Å². The first-order valence-electron chi connectivity index (χ1n) is 7.62. The van der Waals surface area contributed by atoms with Crippen molar-refractivity contribution in [3.63, 3.8) is 0 Å². The number of amides is 1. The molecule has 0 saturated carbocycles. The highest BCUT2D eigenvalue weighted by molar-refractivity contribution is 6.28. The molecule has 8 nitrogen and oxygen atoms in total. The van der Waals surface area contributed by atoms with Crippen LogP contribution in [0.25, 0.3) is 0 Å². The molecule has 0 aliphatic carbocycles. The third kappa shape index (κ3) is 4.06. The molecule has 1 aliphatic heterocycles. The second-order valence-electron chi connectivity index (χ2n) is 6.66. The predicted molar refractivity (Wildman–Crippen MR) is 87.3 cm³/mol. The van der Waals surface area contributed by atoms with E-state index in [1.807, 2.05) is 0 Å². The number of aromatic hydroxyl groups is 1. The van der Waals surface area contributed by atoms with Crippen LogP contribution in [0, 0.1) is 0 Å². The molecule has 0 aromatic carbocycles. The summed E-state index contributed by atoms with van der Waals surface area (Å²) in [6.07, 6.45) is 1.10. The summed E-state index contributed by atoms with van der Waals surface area (Å²) in [5.41, 5.74) is -1.76. The normalized spacial score (nSPS) is 17.4. The van der Waals surface area contributed by atoms with Crippen molar-refractivity contribution in [1.29, 1.82) is 0 Å². The Labute approximate surface area is 145 Å². The van der Waals surface area contributed by atoms with Crippen molar-refractivity contribution in [1.82, 2.24) is 9.97 Å².